The number of rotatable bonds is 3. The Kier molecular flexibility index (Phi) is 5.26. The molecule has 0 aliphatic carbocycles. The molecule has 2 nitrogen and oxygen atoms in total. The van der Waals surface area contributed by atoms with E-state index in [-0.39, 0.29) is 5.91 Å². The second kappa shape index (κ2) is 6.95. The van der Waals surface area contributed by atoms with Gasteiger partial charge in [-0.1, -0.05) is 31.9 Å². The van der Waals surface area contributed by atoms with E-state index < -0.39 is 0 Å². The molecule has 0 saturated carbocycles. The number of amides is 1. The first-order chi connectivity index (χ1) is 9.26. The zero-order chi connectivity index (χ0) is 13.7. The van der Waals surface area contributed by atoms with Crippen LogP contribution >= 0.6 is 11.6 Å². The highest BCUT2D eigenvalue weighted by molar-refractivity contribution is 6.17. The van der Waals surface area contributed by atoms with E-state index in [1.165, 1.54) is 12.8 Å². The Balaban J connectivity index is 2.20. The third-order valence-corrected chi connectivity index (χ3v) is 4.25. The molecule has 104 valence electrons. The lowest BCUT2D eigenvalue weighted by molar-refractivity contribution is 0.0678. The van der Waals surface area contributed by atoms with Crippen LogP contribution in [0.3, 0.4) is 0 Å². The summed E-state index contributed by atoms with van der Waals surface area (Å²) >= 11 is 5.85. The van der Waals surface area contributed by atoms with E-state index in [2.05, 4.69) is 11.8 Å². The number of likely N-dealkylation sites (tertiary alicyclic amines) is 1. The zero-order valence-electron chi connectivity index (χ0n) is 11.6. The van der Waals surface area contributed by atoms with Gasteiger partial charge in [-0.05, 0) is 37.0 Å². The summed E-state index contributed by atoms with van der Waals surface area (Å²) < 4.78 is 0. The van der Waals surface area contributed by atoms with Gasteiger partial charge >= 0.3 is 0 Å². The van der Waals surface area contributed by atoms with Crippen molar-refractivity contribution in [1.29, 1.82) is 0 Å². The van der Waals surface area contributed by atoms with Gasteiger partial charge in [-0.3, -0.25) is 4.79 Å². The van der Waals surface area contributed by atoms with Gasteiger partial charge in [0.15, 0.2) is 0 Å². The number of hydrogen-bond acceptors (Lipinski definition) is 1. The number of nitrogens with zero attached hydrogens (tertiary/aromatic N) is 1. The number of hydrogen-bond donors (Lipinski definition) is 0. The highest BCUT2D eigenvalue weighted by Crippen LogP contribution is 2.22. The number of benzene rings is 1. The molecule has 1 unspecified atom stereocenters. The standard InChI is InChI=1S/C16H22ClNO/c1-2-15-9-4-3-5-10-18(15)16(19)14-8-6-7-13(11-14)12-17/h6-8,11,15H,2-5,9-10,12H2,1H3. The summed E-state index contributed by atoms with van der Waals surface area (Å²) in [5.41, 5.74) is 1.79. The van der Waals surface area contributed by atoms with Crippen LogP contribution in [0.1, 0.15) is 54.9 Å². The molecule has 1 fully saturated rings. The third-order valence-electron chi connectivity index (χ3n) is 3.94. The fourth-order valence-corrected chi connectivity index (χ4v) is 2.99. The predicted molar refractivity (Wildman–Crippen MR) is 79.6 cm³/mol. The molecule has 0 bridgehead atoms. The molecular formula is C16H22ClNO. The summed E-state index contributed by atoms with van der Waals surface area (Å²) in [6.07, 6.45) is 5.78. The van der Waals surface area contributed by atoms with Crippen molar-refractivity contribution in [1.82, 2.24) is 4.90 Å². The fourth-order valence-electron chi connectivity index (χ4n) is 2.82. The molecular weight excluding hydrogens is 258 g/mol. The number of carbonyl (C=O) groups is 1. The maximum atomic E-state index is 12.7. The maximum absolute atomic E-state index is 12.7. The summed E-state index contributed by atoms with van der Waals surface area (Å²) in [5, 5.41) is 0. The molecule has 3 heteroatoms. The molecule has 19 heavy (non-hydrogen) atoms. The quantitative estimate of drug-likeness (QED) is 0.759. The van der Waals surface area contributed by atoms with Crippen molar-refractivity contribution in [3.63, 3.8) is 0 Å². The van der Waals surface area contributed by atoms with Gasteiger partial charge in [0.25, 0.3) is 5.91 Å². The van der Waals surface area contributed by atoms with E-state index >= 15 is 0 Å². The van der Waals surface area contributed by atoms with Gasteiger partial charge in [0.05, 0.1) is 0 Å². The third kappa shape index (κ3) is 3.50. The second-order valence-corrected chi connectivity index (χ2v) is 5.51. The highest BCUT2D eigenvalue weighted by Gasteiger charge is 2.24. The predicted octanol–water partition coefficient (Wildman–Crippen LogP) is 4.22. The van der Waals surface area contributed by atoms with Gasteiger partial charge < -0.3 is 4.90 Å². The molecule has 2 rings (SSSR count). The van der Waals surface area contributed by atoms with Crippen LogP contribution in [-0.2, 0) is 5.88 Å². The Morgan fingerprint density at radius 2 is 2.21 bits per heavy atom. The van der Waals surface area contributed by atoms with Crippen molar-refractivity contribution < 1.29 is 4.79 Å². The molecule has 0 spiro atoms. The summed E-state index contributed by atoms with van der Waals surface area (Å²) in [6, 6.07) is 8.10. The highest BCUT2D eigenvalue weighted by atomic mass is 35.5. The summed E-state index contributed by atoms with van der Waals surface area (Å²) in [7, 11) is 0. The molecule has 1 heterocycles. The lowest BCUT2D eigenvalue weighted by Crippen LogP contribution is -2.39. The summed E-state index contributed by atoms with van der Waals surface area (Å²) in [6.45, 7) is 3.06. The number of alkyl halides is 1. The Morgan fingerprint density at radius 3 is 2.95 bits per heavy atom. The van der Waals surface area contributed by atoms with Gasteiger partial charge in [0.1, 0.15) is 0 Å². The smallest absolute Gasteiger partial charge is 0.254 e. The molecule has 0 aromatic heterocycles. The largest absolute Gasteiger partial charge is 0.336 e. The van der Waals surface area contributed by atoms with Crippen molar-refractivity contribution in [2.45, 2.75) is 50.9 Å². The first kappa shape index (κ1) is 14.4. The van der Waals surface area contributed by atoms with E-state index in [0.29, 0.717) is 11.9 Å². The average molecular weight is 280 g/mol. The zero-order valence-corrected chi connectivity index (χ0v) is 12.3. The summed E-state index contributed by atoms with van der Waals surface area (Å²) in [4.78, 5) is 14.7. The Bertz CT molecular complexity index is 433. The van der Waals surface area contributed by atoms with Gasteiger partial charge in [-0.15, -0.1) is 11.6 Å². The summed E-state index contributed by atoms with van der Waals surface area (Å²) in [5.74, 6) is 0.624. The lowest BCUT2D eigenvalue weighted by atomic mass is 10.1. The molecule has 0 N–H and O–H groups in total. The fraction of sp³-hybridized carbons (Fsp3) is 0.562. The molecule has 1 saturated heterocycles. The van der Waals surface area contributed by atoms with Crippen LogP contribution in [0.2, 0.25) is 0 Å². The molecule has 0 radical (unpaired) electrons. The maximum Gasteiger partial charge on any atom is 0.254 e. The van der Waals surface area contributed by atoms with Crippen LogP contribution in [-0.4, -0.2) is 23.4 Å². The van der Waals surface area contributed by atoms with Gasteiger partial charge in [-0.2, -0.15) is 0 Å². The lowest BCUT2D eigenvalue weighted by Gasteiger charge is -2.29. The first-order valence-electron chi connectivity index (χ1n) is 7.22. The second-order valence-electron chi connectivity index (χ2n) is 5.24. The van der Waals surface area contributed by atoms with E-state index in [1.807, 2.05) is 24.3 Å². The van der Waals surface area contributed by atoms with Crippen LogP contribution in [0.4, 0.5) is 0 Å². The number of carbonyl (C=O) groups excluding carboxylic acids is 1. The first-order valence-corrected chi connectivity index (χ1v) is 7.75. The molecule has 1 amide bonds. The molecule has 1 aromatic carbocycles. The van der Waals surface area contributed by atoms with E-state index in [9.17, 15) is 4.79 Å². The van der Waals surface area contributed by atoms with Crippen LogP contribution in [0.25, 0.3) is 0 Å². The van der Waals surface area contributed by atoms with E-state index in [1.54, 1.807) is 0 Å². The Morgan fingerprint density at radius 1 is 1.37 bits per heavy atom. The van der Waals surface area contributed by atoms with Crippen LogP contribution < -0.4 is 0 Å². The number of halogens is 1. The molecule has 1 aliphatic rings. The minimum atomic E-state index is 0.167. The van der Waals surface area contributed by atoms with Crippen LogP contribution in [0.5, 0.6) is 0 Å². The molecule has 1 atom stereocenters. The van der Waals surface area contributed by atoms with E-state index in [0.717, 1.165) is 36.9 Å². The van der Waals surface area contributed by atoms with Gasteiger partial charge in [-0.25, -0.2) is 0 Å². The van der Waals surface area contributed by atoms with Crippen molar-refractivity contribution in [2.24, 2.45) is 0 Å². The SMILES string of the molecule is CCC1CCCCCN1C(=O)c1cccc(CCl)c1. The van der Waals surface area contributed by atoms with E-state index in [4.69, 9.17) is 11.6 Å². The van der Waals surface area contributed by atoms with Gasteiger partial charge in [0.2, 0.25) is 0 Å². The topological polar surface area (TPSA) is 20.3 Å². The molecule has 1 aliphatic heterocycles. The average Bonchev–Trinajstić information content (AvgIpc) is 2.71. The van der Waals surface area contributed by atoms with Crippen LogP contribution in [0.15, 0.2) is 24.3 Å². The minimum absolute atomic E-state index is 0.167. The van der Waals surface area contributed by atoms with Crippen molar-refractivity contribution in [2.75, 3.05) is 6.54 Å². The Hall–Kier alpha value is -1.02. The van der Waals surface area contributed by atoms with Crippen molar-refractivity contribution >= 4 is 17.5 Å². The normalized spacial score (nSPS) is 20.1. The van der Waals surface area contributed by atoms with Crippen molar-refractivity contribution in [3.05, 3.63) is 35.4 Å². The van der Waals surface area contributed by atoms with Crippen LogP contribution in [0, 0.1) is 0 Å². The Labute approximate surface area is 120 Å². The van der Waals surface area contributed by atoms with Gasteiger partial charge in [0, 0.05) is 24.0 Å². The molecule has 1 aromatic rings. The van der Waals surface area contributed by atoms with Crippen molar-refractivity contribution in [3.8, 4) is 0 Å². The minimum Gasteiger partial charge on any atom is -0.336 e. The monoisotopic (exact) mass is 279 g/mol.